The van der Waals surface area contributed by atoms with E-state index in [1.54, 1.807) is 6.20 Å². The van der Waals surface area contributed by atoms with Crippen LogP contribution in [0, 0.1) is 11.3 Å². The van der Waals surface area contributed by atoms with E-state index in [0.717, 1.165) is 18.7 Å². The Morgan fingerprint density at radius 2 is 2.11 bits per heavy atom. The van der Waals surface area contributed by atoms with E-state index in [9.17, 15) is 0 Å². The maximum atomic E-state index is 9.11. The van der Waals surface area contributed by atoms with Gasteiger partial charge >= 0.3 is 0 Å². The lowest BCUT2D eigenvalue weighted by Gasteiger charge is -2.47. The Morgan fingerprint density at radius 1 is 1.37 bits per heavy atom. The molecule has 3 rings (SSSR count). The normalized spacial score (nSPS) is 30.6. The Bertz CT molecular complexity index is 479. The number of hydrogen-bond donors (Lipinski definition) is 1. The number of anilines is 1. The molecule has 19 heavy (non-hydrogen) atoms. The molecule has 2 atom stereocenters. The molecule has 2 saturated heterocycles. The van der Waals surface area contributed by atoms with E-state index in [1.807, 2.05) is 12.1 Å². The Kier molecular flexibility index (Phi) is 3.39. The van der Waals surface area contributed by atoms with Crippen molar-refractivity contribution in [2.24, 2.45) is 0 Å². The fourth-order valence-corrected chi connectivity index (χ4v) is 3.54. The summed E-state index contributed by atoms with van der Waals surface area (Å²) in [7, 11) is 2.26. The molecule has 1 N–H and O–H groups in total. The summed E-state index contributed by atoms with van der Waals surface area (Å²) in [5, 5.41) is 12.6. The van der Waals surface area contributed by atoms with Crippen LogP contribution >= 0.6 is 0 Å². The minimum Gasteiger partial charge on any atom is -0.366 e. The van der Waals surface area contributed by atoms with E-state index in [2.05, 4.69) is 28.3 Å². The van der Waals surface area contributed by atoms with Crippen LogP contribution in [0.2, 0.25) is 0 Å². The summed E-state index contributed by atoms with van der Waals surface area (Å²) < 4.78 is 0. The van der Waals surface area contributed by atoms with Crippen molar-refractivity contribution in [2.75, 3.05) is 12.4 Å². The largest absolute Gasteiger partial charge is 0.366 e. The van der Waals surface area contributed by atoms with Crippen LogP contribution in [0.15, 0.2) is 18.3 Å². The van der Waals surface area contributed by atoms with Gasteiger partial charge in [0, 0.05) is 24.3 Å². The van der Waals surface area contributed by atoms with Crippen LogP contribution in [0.25, 0.3) is 0 Å². The molecule has 3 heterocycles. The van der Waals surface area contributed by atoms with Crippen LogP contribution in [0.5, 0.6) is 0 Å². The van der Waals surface area contributed by atoms with E-state index in [0.29, 0.717) is 23.7 Å². The van der Waals surface area contributed by atoms with E-state index in [-0.39, 0.29) is 0 Å². The number of nitrogens with one attached hydrogen (secondary N) is 1. The highest BCUT2D eigenvalue weighted by molar-refractivity contribution is 5.51. The van der Waals surface area contributed by atoms with E-state index < -0.39 is 0 Å². The quantitative estimate of drug-likeness (QED) is 0.882. The second kappa shape index (κ2) is 5.18. The van der Waals surface area contributed by atoms with Gasteiger partial charge in [-0.15, -0.1) is 0 Å². The predicted molar refractivity (Wildman–Crippen MR) is 74.8 cm³/mol. The van der Waals surface area contributed by atoms with Crippen molar-refractivity contribution in [1.82, 2.24) is 9.88 Å². The van der Waals surface area contributed by atoms with Crippen LogP contribution in [0.1, 0.15) is 37.7 Å². The molecule has 1 aromatic rings. The molecular formula is C15H20N4. The number of nitrogens with zero attached hydrogens (tertiary/aromatic N) is 3. The zero-order valence-electron chi connectivity index (χ0n) is 11.3. The van der Waals surface area contributed by atoms with Crippen LogP contribution in [-0.4, -0.2) is 35.1 Å². The first-order valence-electron chi connectivity index (χ1n) is 7.11. The second-order valence-corrected chi connectivity index (χ2v) is 5.73. The Labute approximate surface area is 114 Å². The summed E-state index contributed by atoms with van der Waals surface area (Å²) in [4.78, 5) is 6.86. The van der Waals surface area contributed by atoms with Gasteiger partial charge in [0.25, 0.3) is 0 Å². The highest BCUT2D eigenvalue weighted by Gasteiger charge is 2.36. The molecule has 2 unspecified atom stereocenters. The fraction of sp³-hybridized carbons (Fsp3) is 0.600. The number of piperidine rings is 2. The number of nitriles is 1. The van der Waals surface area contributed by atoms with Crippen molar-refractivity contribution < 1.29 is 0 Å². The van der Waals surface area contributed by atoms with Crippen molar-refractivity contribution in [3.8, 4) is 6.07 Å². The number of pyridine rings is 1. The summed E-state index contributed by atoms with van der Waals surface area (Å²) in [6.45, 7) is 0. The Morgan fingerprint density at radius 3 is 2.79 bits per heavy atom. The monoisotopic (exact) mass is 256 g/mol. The number of fused-ring (bicyclic) bond motifs is 2. The number of hydrogen-bond acceptors (Lipinski definition) is 4. The number of aromatic nitrogens is 1. The molecule has 2 aliphatic rings. The lowest BCUT2D eigenvalue weighted by atomic mass is 9.82. The molecule has 2 bridgehead atoms. The molecule has 0 spiro atoms. The second-order valence-electron chi connectivity index (χ2n) is 5.73. The minimum absolute atomic E-state index is 0.452. The Balaban J connectivity index is 1.73. The van der Waals surface area contributed by atoms with E-state index >= 15 is 0 Å². The van der Waals surface area contributed by atoms with Crippen LogP contribution in [-0.2, 0) is 0 Å². The molecule has 4 nitrogen and oxygen atoms in total. The van der Waals surface area contributed by atoms with Gasteiger partial charge < -0.3 is 10.2 Å². The van der Waals surface area contributed by atoms with Crippen molar-refractivity contribution in [2.45, 2.75) is 50.2 Å². The summed E-state index contributed by atoms with van der Waals surface area (Å²) in [6.07, 6.45) is 8.04. The summed E-state index contributed by atoms with van der Waals surface area (Å²) in [6, 6.07) is 7.69. The van der Waals surface area contributed by atoms with Gasteiger partial charge in [0.05, 0.1) is 5.56 Å². The molecule has 0 radical (unpaired) electrons. The smallest absolute Gasteiger partial charge is 0.144 e. The van der Waals surface area contributed by atoms with Crippen molar-refractivity contribution in [3.63, 3.8) is 0 Å². The van der Waals surface area contributed by atoms with Crippen molar-refractivity contribution in [3.05, 3.63) is 23.9 Å². The molecule has 1 aromatic heterocycles. The topological polar surface area (TPSA) is 52.0 Å². The third-order valence-corrected chi connectivity index (χ3v) is 4.61. The van der Waals surface area contributed by atoms with E-state index in [4.69, 9.17) is 5.26 Å². The summed E-state index contributed by atoms with van der Waals surface area (Å²) in [5.41, 5.74) is 0.645. The van der Waals surface area contributed by atoms with Gasteiger partial charge in [-0.25, -0.2) is 4.98 Å². The SMILES string of the molecule is CN1C2CCCC1CC(Nc1ncccc1C#N)C2. The van der Waals surface area contributed by atoms with Gasteiger partial charge in [0.15, 0.2) is 0 Å². The average molecular weight is 256 g/mol. The van der Waals surface area contributed by atoms with Crippen LogP contribution < -0.4 is 5.32 Å². The van der Waals surface area contributed by atoms with Crippen LogP contribution in [0.3, 0.4) is 0 Å². The average Bonchev–Trinajstić information content (AvgIpc) is 2.40. The lowest BCUT2D eigenvalue weighted by Crippen LogP contribution is -2.52. The maximum absolute atomic E-state index is 9.11. The highest BCUT2D eigenvalue weighted by Crippen LogP contribution is 2.33. The minimum atomic E-state index is 0.452. The molecule has 2 fully saturated rings. The van der Waals surface area contributed by atoms with Gasteiger partial charge in [-0.2, -0.15) is 5.26 Å². The fourth-order valence-electron chi connectivity index (χ4n) is 3.54. The Hall–Kier alpha value is -1.60. The third-order valence-electron chi connectivity index (χ3n) is 4.61. The zero-order valence-corrected chi connectivity index (χ0v) is 11.3. The standard InChI is InChI=1S/C15H20N4/c1-19-13-5-2-6-14(19)9-12(8-13)18-15-11(10-16)4-3-7-17-15/h3-4,7,12-14H,2,5-6,8-9H2,1H3,(H,17,18). The van der Waals surface area contributed by atoms with Crippen molar-refractivity contribution in [1.29, 1.82) is 5.26 Å². The molecule has 4 heteroatoms. The summed E-state index contributed by atoms with van der Waals surface area (Å²) >= 11 is 0. The van der Waals surface area contributed by atoms with Gasteiger partial charge in [0.2, 0.25) is 0 Å². The molecule has 0 aliphatic carbocycles. The van der Waals surface area contributed by atoms with Crippen LogP contribution in [0.4, 0.5) is 5.82 Å². The molecular weight excluding hydrogens is 236 g/mol. The predicted octanol–water partition coefficient (Wildman–Crippen LogP) is 2.38. The van der Waals surface area contributed by atoms with Gasteiger partial charge in [-0.05, 0) is 44.9 Å². The first-order valence-corrected chi connectivity index (χ1v) is 7.11. The molecule has 0 saturated carbocycles. The van der Waals surface area contributed by atoms with Gasteiger partial charge in [0.1, 0.15) is 11.9 Å². The lowest BCUT2D eigenvalue weighted by molar-refractivity contribution is 0.0608. The highest BCUT2D eigenvalue weighted by atomic mass is 15.2. The van der Waals surface area contributed by atoms with Gasteiger partial charge in [-0.3, -0.25) is 0 Å². The van der Waals surface area contributed by atoms with E-state index in [1.165, 1.54) is 19.3 Å². The molecule has 0 amide bonds. The molecule has 100 valence electrons. The number of rotatable bonds is 2. The van der Waals surface area contributed by atoms with Crippen molar-refractivity contribution >= 4 is 5.82 Å². The first-order chi connectivity index (χ1) is 9.28. The maximum Gasteiger partial charge on any atom is 0.144 e. The molecule has 0 aromatic carbocycles. The zero-order chi connectivity index (χ0) is 13.2. The molecule has 2 aliphatic heterocycles. The van der Waals surface area contributed by atoms with Gasteiger partial charge in [-0.1, -0.05) is 6.42 Å². The summed E-state index contributed by atoms with van der Waals surface area (Å²) in [5.74, 6) is 0.748. The first kappa shape index (κ1) is 12.4. The third kappa shape index (κ3) is 2.43.